The maximum atomic E-state index is 14.0. The van der Waals surface area contributed by atoms with E-state index in [0.717, 1.165) is 6.42 Å². The van der Waals surface area contributed by atoms with E-state index < -0.39 is 70.6 Å². The number of unbranched alkanes of at least 4 members (excludes halogenated alkanes) is 1. The minimum Gasteiger partial charge on any atom is -0.350 e. The minimum absolute atomic E-state index is 0.0717. The molecule has 6 amide bonds. The van der Waals surface area contributed by atoms with Crippen LogP contribution in [0.15, 0.2) is 12.7 Å². The fourth-order valence-electron chi connectivity index (χ4n) is 4.76. The summed E-state index contributed by atoms with van der Waals surface area (Å²) in [5.74, 6) is -0.940. The Balaban J connectivity index is 3.22. The van der Waals surface area contributed by atoms with Gasteiger partial charge in [0.2, 0.25) is 23.5 Å². The molecule has 0 aromatic heterocycles. The first-order chi connectivity index (χ1) is 20.4. The first-order valence-electron chi connectivity index (χ1n) is 15.3. The Labute approximate surface area is 262 Å². The fourth-order valence-corrected chi connectivity index (χ4v) is 4.76. The number of urea groups is 1. The molecule has 12 heteroatoms. The summed E-state index contributed by atoms with van der Waals surface area (Å²) in [7, 11) is 0. The van der Waals surface area contributed by atoms with E-state index in [1.807, 2.05) is 27.7 Å². The van der Waals surface area contributed by atoms with E-state index in [1.54, 1.807) is 27.7 Å². The lowest BCUT2D eigenvalue weighted by Crippen LogP contribution is -2.61. The minimum atomic E-state index is -1.08. The van der Waals surface area contributed by atoms with Gasteiger partial charge in [-0.1, -0.05) is 53.5 Å². The van der Waals surface area contributed by atoms with E-state index in [1.165, 1.54) is 11.0 Å². The van der Waals surface area contributed by atoms with Crippen molar-refractivity contribution in [2.24, 2.45) is 11.3 Å². The van der Waals surface area contributed by atoms with Crippen LogP contribution in [0.1, 0.15) is 87.5 Å². The zero-order valence-corrected chi connectivity index (χ0v) is 27.6. The highest BCUT2D eigenvalue weighted by Gasteiger charge is 2.45. The van der Waals surface area contributed by atoms with Gasteiger partial charge in [0, 0.05) is 24.5 Å². The van der Waals surface area contributed by atoms with Crippen LogP contribution in [-0.2, 0) is 24.0 Å². The van der Waals surface area contributed by atoms with Gasteiger partial charge in [0.25, 0.3) is 5.91 Å². The van der Waals surface area contributed by atoms with Gasteiger partial charge >= 0.3 is 6.03 Å². The van der Waals surface area contributed by atoms with Crippen molar-refractivity contribution in [2.75, 3.05) is 13.1 Å². The normalized spacial score (nSPS) is 18.6. The van der Waals surface area contributed by atoms with E-state index in [-0.39, 0.29) is 31.8 Å². The summed E-state index contributed by atoms with van der Waals surface area (Å²) in [4.78, 5) is 80.0. The lowest BCUT2D eigenvalue weighted by molar-refractivity contribution is -0.143. The van der Waals surface area contributed by atoms with Gasteiger partial charge in [-0.15, -0.1) is 18.9 Å². The number of hydrogen-bond acceptors (Lipinski definition) is 6. The molecule has 5 N–H and O–H groups in total. The third-order valence-corrected chi connectivity index (χ3v) is 7.15. The fraction of sp³-hybridized carbons (Fsp3) is 0.688. The molecule has 1 unspecified atom stereocenters. The van der Waals surface area contributed by atoms with Gasteiger partial charge in [-0.2, -0.15) is 0 Å². The largest absolute Gasteiger partial charge is 0.350 e. The molecular formula is C32H52N6O6. The van der Waals surface area contributed by atoms with Gasteiger partial charge in [0.15, 0.2) is 0 Å². The topological polar surface area (TPSA) is 166 Å². The molecule has 1 aliphatic heterocycles. The van der Waals surface area contributed by atoms with Crippen LogP contribution in [-0.4, -0.2) is 83.1 Å². The highest BCUT2D eigenvalue weighted by atomic mass is 16.2. The van der Waals surface area contributed by atoms with Crippen molar-refractivity contribution in [1.29, 1.82) is 0 Å². The quantitative estimate of drug-likeness (QED) is 0.113. The van der Waals surface area contributed by atoms with Crippen molar-refractivity contribution in [3.63, 3.8) is 0 Å². The summed E-state index contributed by atoms with van der Waals surface area (Å²) in [6, 6.07) is -4.73. The summed E-state index contributed by atoms with van der Waals surface area (Å²) in [6.45, 7) is 18.2. The van der Waals surface area contributed by atoms with Crippen LogP contribution in [0.4, 0.5) is 4.79 Å². The number of ketones is 1. The molecule has 0 bridgehead atoms. The van der Waals surface area contributed by atoms with Crippen molar-refractivity contribution in [3.05, 3.63) is 12.7 Å². The Morgan fingerprint density at radius 3 is 2.14 bits per heavy atom. The van der Waals surface area contributed by atoms with Gasteiger partial charge in [0.05, 0.1) is 6.04 Å². The highest BCUT2D eigenvalue weighted by molar-refractivity contribution is 6.38. The molecule has 44 heavy (non-hydrogen) atoms. The van der Waals surface area contributed by atoms with Crippen LogP contribution in [0.2, 0.25) is 0 Å². The molecule has 1 aliphatic rings. The standard InChI is InChI=1S/C32H52N6O6/c1-11-15-16-22(24(39)28(42)33-17-12-2)34-27(41)23-18-20(13-3)19-38(23)29(43)25(31(5,6)7)36-30(44)35-21(14-4)26(40)37-32(8,9)10/h3,12,20-23,25H,2,11,14-19H2,1,4-10H3,(H,33,42)(H,34,41)(H,37,40)(H2,35,36,44)/t20-,21+,22?,23+,25-/m1/s1. The molecule has 246 valence electrons. The second-order valence-electron chi connectivity index (χ2n) is 13.3. The molecule has 0 aromatic carbocycles. The molecule has 0 aromatic rings. The summed E-state index contributed by atoms with van der Waals surface area (Å²) in [5, 5.41) is 13.3. The lowest BCUT2D eigenvalue weighted by Gasteiger charge is -2.36. The number of likely N-dealkylation sites (tertiary alicyclic amines) is 1. The maximum absolute atomic E-state index is 14.0. The van der Waals surface area contributed by atoms with Gasteiger partial charge in [0.1, 0.15) is 18.1 Å². The van der Waals surface area contributed by atoms with Crippen molar-refractivity contribution in [3.8, 4) is 12.3 Å². The Kier molecular flexibility index (Phi) is 14.6. The van der Waals surface area contributed by atoms with Crippen molar-refractivity contribution >= 4 is 35.4 Å². The number of nitrogens with zero attached hydrogens (tertiary/aromatic N) is 1. The summed E-state index contributed by atoms with van der Waals surface area (Å²) < 4.78 is 0. The predicted molar refractivity (Wildman–Crippen MR) is 169 cm³/mol. The van der Waals surface area contributed by atoms with Crippen LogP contribution < -0.4 is 26.6 Å². The SMILES string of the molecule is C#C[C@@H]1C[C@@H](C(=O)NC(CCCC)C(=O)C(=O)NCC=C)N(C(=O)[C@@H](NC(=O)N[C@@H](CC)C(=O)NC(C)(C)C)C(C)(C)C)C1. The number of amides is 6. The van der Waals surface area contributed by atoms with Gasteiger partial charge in [-0.05, 0) is 45.4 Å². The van der Waals surface area contributed by atoms with E-state index in [0.29, 0.717) is 12.8 Å². The Hall–Kier alpha value is -3.88. The monoisotopic (exact) mass is 616 g/mol. The van der Waals surface area contributed by atoms with Gasteiger partial charge in [-0.25, -0.2) is 4.79 Å². The van der Waals surface area contributed by atoms with E-state index in [4.69, 9.17) is 6.42 Å². The molecule has 1 rings (SSSR count). The second kappa shape index (κ2) is 16.8. The van der Waals surface area contributed by atoms with Gasteiger partial charge in [-0.3, -0.25) is 24.0 Å². The van der Waals surface area contributed by atoms with Crippen LogP contribution >= 0.6 is 0 Å². The second-order valence-corrected chi connectivity index (χ2v) is 13.3. The number of nitrogens with one attached hydrogen (secondary N) is 5. The number of hydrogen-bond donors (Lipinski definition) is 5. The molecule has 12 nitrogen and oxygen atoms in total. The van der Waals surface area contributed by atoms with Crippen molar-refractivity contribution in [1.82, 2.24) is 31.5 Å². The molecule has 1 heterocycles. The summed E-state index contributed by atoms with van der Waals surface area (Å²) >= 11 is 0. The van der Waals surface area contributed by atoms with Crippen molar-refractivity contribution < 1.29 is 28.8 Å². The molecule has 0 saturated carbocycles. The summed E-state index contributed by atoms with van der Waals surface area (Å²) in [6.07, 6.45) is 9.18. The average molecular weight is 617 g/mol. The molecule has 0 aliphatic carbocycles. The molecule has 1 saturated heterocycles. The number of carbonyl (C=O) groups excluding carboxylic acids is 6. The van der Waals surface area contributed by atoms with Crippen molar-refractivity contribution in [2.45, 2.75) is 117 Å². The molecular weight excluding hydrogens is 564 g/mol. The molecule has 5 atom stereocenters. The molecule has 1 fully saturated rings. The third kappa shape index (κ3) is 11.7. The maximum Gasteiger partial charge on any atom is 0.316 e. The van der Waals surface area contributed by atoms with Gasteiger partial charge < -0.3 is 31.5 Å². The Morgan fingerprint density at radius 2 is 1.64 bits per heavy atom. The number of carbonyl (C=O) groups is 6. The first-order valence-corrected chi connectivity index (χ1v) is 15.3. The number of terminal acetylenes is 1. The number of Topliss-reactive ketones (excluding diaryl/α,β-unsaturated/α-hetero) is 1. The highest BCUT2D eigenvalue weighted by Crippen LogP contribution is 2.28. The van der Waals surface area contributed by atoms with E-state index in [9.17, 15) is 28.8 Å². The van der Waals surface area contributed by atoms with Crippen LogP contribution in [0.5, 0.6) is 0 Å². The third-order valence-electron chi connectivity index (χ3n) is 7.15. The zero-order chi connectivity index (χ0) is 33.8. The van der Waals surface area contributed by atoms with Crippen LogP contribution in [0.25, 0.3) is 0 Å². The first kappa shape index (κ1) is 38.1. The molecule has 0 spiro atoms. The Bertz CT molecular complexity index is 1120. The van der Waals surface area contributed by atoms with E-state index >= 15 is 0 Å². The predicted octanol–water partition coefficient (Wildman–Crippen LogP) is 1.79. The average Bonchev–Trinajstić information content (AvgIpc) is 3.38. The molecule has 0 radical (unpaired) electrons. The van der Waals surface area contributed by atoms with Crippen LogP contribution in [0, 0.1) is 23.7 Å². The van der Waals surface area contributed by atoms with Crippen LogP contribution in [0.3, 0.4) is 0 Å². The smallest absolute Gasteiger partial charge is 0.316 e. The summed E-state index contributed by atoms with van der Waals surface area (Å²) in [5.41, 5.74) is -1.29. The zero-order valence-electron chi connectivity index (χ0n) is 27.6. The lowest BCUT2D eigenvalue weighted by atomic mass is 9.85. The number of rotatable bonds is 14. The Morgan fingerprint density at radius 1 is 1.00 bits per heavy atom. The van der Waals surface area contributed by atoms with E-state index in [2.05, 4.69) is 39.1 Å².